The SMILES string of the molecule is CC(C)N1Cc2cc3c(cc2C1)OCO3. The number of fused-ring (bicyclic) bond motifs is 2. The largest absolute Gasteiger partial charge is 0.454 e. The molecule has 0 aliphatic carbocycles. The Hall–Kier alpha value is -1.22. The standard InChI is InChI=1S/C12H15NO2/c1-8(2)13-5-9-3-11-12(15-7-14-11)4-10(9)6-13/h3-4,8H,5-7H2,1-2H3. The summed E-state index contributed by atoms with van der Waals surface area (Å²) in [4.78, 5) is 2.44. The van der Waals surface area contributed by atoms with Crippen LogP contribution in [0.4, 0.5) is 0 Å². The van der Waals surface area contributed by atoms with E-state index in [4.69, 9.17) is 9.47 Å². The molecule has 2 aliphatic heterocycles. The number of ether oxygens (including phenoxy) is 2. The molecule has 0 unspecified atom stereocenters. The van der Waals surface area contributed by atoms with Crippen molar-refractivity contribution in [2.75, 3.05) is 6.79 Å². The molecule has 0 atom stereocenters. The highest BCUT2D eigenvalue weighted by atomic mass is 16.7. The molecule has 0 fully saturated rings. The molecular weight excluding hydrogens is 190 g/mol. The molecule has 0 amide bonds. The summed E-state index contributed by atoms with van der Waals surface area (Å²) in [6.07, 6.45) is 0. The van der Waals surface area contributed by atoms with Gasteiger partial charge in [0.15, 0.2) is 11.5 Å². The Morgan fingerprint density at radius 3 is 2.07 bits per heavy atom. The maximum Gasteiger partial charge on any atom is 0.231 e. The second kappa shape index (κ2) is 3.14. The summed E-state index contributed by atoms with van der Waals surface area (Å²) >= 11 is 0. The van der Waals surface area contributed by atoms with Crippen molar-refractivity contribution >= 4 is 0 Å². The first kappa shape index (κ1) is 9.04. The highest BCUT2D eigenvalue weighted by Gasteiger charge is 2.25. The molecule has 3 nitrogen and oxygen atoms in total. The van der Waals surface area contributed by atoms with Gasteiger partial charge in [-0.2, -0.15) is 0 Å². The highest BCUT2D eigenvalue weighted by Crippen LogP contribution is 2.38. The summed E-state index contributed by atoms with van der Waals surface area (Å²) in [5, 5.41) is 0. The summed E-state index contributed by atoms with van der Waals surface area (Å²) in [6.45, 7) is 6.89. The first-order chi connectivity index (χ1) is 7.24. The van der Waals surface area contributed by atoms with Crippen LogP contribution in [0.25, 0.3) is 0 Å². The fourth-order valence-electron chi connectivity index (χ4n) is 2.18. The summed E-state index contributed by atoms with van der Waals surface area (Å²) in [6, 6.07) is 4.84. The molecule has 3 rings (SSSR count). The van der Waals surface area contributed by atoms with E-state index in [0.717, 1.165) is 24.6 Å². The maximum atomic E-state index is 5.38. The lowest BCUT2D eigenvalue weighted by Crippen LogP contribution is -2.24. The van der Waals surface area contributed by atoms with E-state index in [-0.39, 0.29) is 0 Å². The number of benzene rings is 1. The van der Waals surface area contributed by atoms with Gasteiger partial charge in [0.25, 0.3) is 0 Å². The maximum absolute atomic E-state index is 5.38. The quantitative estimate of drug-likeness (QED) is 0.701. The van der Waals surface area contributed by atoms with Crippen LogP contribution in [0.5, 0.6) is 11.5 Å². The summed E-state index contributed by atoms with van der Waals surface area (Å²) in [5.74, 6) is 1.80. The molecule has 1 aromatic rings. The van der Waals surface area contributed by atoms with E-state index in [1.807, 2.05) is 0 Å². The predicted octanol–water partition coefficient (Wildman–Crippen LogP) is 2.14. The van der Waals surface area contributed by atoms with Crippen molar-refractivity contribution < 1.29 is 9.47 Å². The van der Waals surface area contributed by atoms with Gasteiger partial charge >= 0.3 is 0 Å². The van der Waals surface area contributed by atoms with E-state index in [9.17, 15) is 0 Å². The fourth-order valence-corrected chi connectivity index (χ4v) is 2.18. The van der Waals surface area contributed by atoms with Crippen LogP contribution >= 0.6 is 0 Å². The van der Waals surface area contributed by atoms with Gasteiger partial charge in [-0.05, 0) is 37.1 Å². The topological polar surface area (TPSA) is 21.7 Å². The van der Waals surface area contributed by atoms with E-state index in [2.05, 4.69) is 30.9 Å². The number of rotatable bonds is 1. The molecule has 0 bridgehead atoms. The second-order valence-corrected chi connectivity index (χ2v) is 4.47. The van der Waals surface area contributed by atoms with Gasteiger partial charge in [0, 0.05) is 19.1 Å². The van der Waals surface area contributed by atoms with Crippen molar-refractivity contribution in [1.82, 2.24) is 4.90 Å². The average Bonchev–Trinajstić information content (AvgIpc) is 2.77. The Morgan fingerprint density at radius 1 is 1.07 bits per heavy atom. The summed E-state index contributed by atoms with van der Waals surface area (Å²) < 4.78 is 10.8. The van der Waals surface area contributed by atoms with Crippen LogP contribution in [0.15, 0.2) is 12.1 Å². The van der Waals surface area contributed by atoms with Gasteiger partial charge in [0.2, 0.25) is 6.79 Å². The van der Waals surface area contributed by atoms with Crippen LogP contribution in [0, 0.1) is 0 Å². The van der Waals surface area contributed by atoms with Crippen molar-refractivity contribution in [3.8, 4) is 11.5 Å². The van der Waals surface area contributed by atoms with Crippen LogP contribution in [0.1, 0.15) is 25.0 Å². The number of nitrogens with zero attached hydrogens (tertiary/aromatic N) is 1. The molecule has 0 spiro atoms. The first-order valence-electron chi connectivity index (χ1n) is 5.39. The Kier molecular flexibility index (Phi) is 1.89. The minimum atomic E-state index is 0.367. The van der Waals surface area contributed by atoms with Crippen molar-refractivity contribution in [1.29, 1.82) is 0 Å². The summed E-state index contributed by atoms with van der Waals surface area (Å²) in [7, 11) is 0. The first-order valence-corrected chi connectivity index (χ1v) is 5.39. The van der Waals surface area contributed by atoms with Crippen molar-refractivity contribution in [2.24, 2.45) is 0 Å². The van der Waals surface area contributed by atoms with Crippen LogP contribution in [0.2, 0.25) is 0 Å². The van der Waals surface area contributed by atoms with Crippen LogP contribution in [-0.2, 0) is 13.1 Å². The predicted molar refractivity (Wildman–Crippen MR) is 56.9 cm³/mol. The lowest BCUT2D eigenvalue weighted by Gasteiger charge is -2.18. The van der Waals surface area contributed by atoms with Crippen molar-refractivity contribution in [3.63, 3.8) is 0 Å². The molecule has 0 saturated carbocycles. The molecule has 80 valence electrons. The van der Waals surface area contributed by atoms with Crippen LogP contribution < -0.4 is 9.47 Å². The van der Waals surface area contributed by atoms with Gasteiger partial charge < -0.3 is 9.47 Å². The molecule has 1 aromatic carbocycles. The van der Waals surface area contributed by atoms with Crippen molar-refractivity contribution in [3.05, 3.63) is 23.3 Å². The van der Waals surface area contributed by atoms with Gasteiger partial charge in [-0.1, -0.05) is 0 Å². The monoisotopic (exact) mass is 205 g/mol. The zero-order chi connectivity index (χ0) is 10.4. The van der Waals surface area contributed by atoms with E-state index in [1.165, 1.54) is 11.1 Å². The number of hydrogen-bond acceptors (Lipinski definition) is 3. The molecule has 0 radical (unpaired) electrons. The molecular formula is C12H15NO2. The molecule has 3 heteroatoms. The Morgan fingerprint density at radius 2 is 1.60 bits per heavy atom. The van der Waals surface area contributed by atoms with Crippen LogP contribution in [-0.4, -0.2) is 17.7 Å². The van der Waals surface area contributed by atoms with E-state index < -0.39 is 0 Å². The molecule has 0 saturated heterocycles. The van der Waals surface area contributed by atoms with Crippen molar-refractivity contribution in [2.45, 2.75) is 33.0 Å². The van der Waals surface area contributed by atoms with Crippen LogP contribution in [0.3, 0.4) is 0 Å². The molecule has 0 N–H and O–H groups in total. The Bertz CT molecular complexity index is 368. The third-order valence-electron chi connectivity index (χ3n) is 3.17. The Balaban J connectivity index is 1.95. The molecule has 2 heterocycles. The zero-order valence-electron chi connectivity index (χ0n) is 9.12. The normalized spacial score (nSPS) is 18.6. The molecule has 0 aromatic heterocycles. The summed E-state index contributed by atoms with van der Waals surface area (Å²) in [5.41, 5.74) is 2.76. The highest BCUT2D eigenvalue weighted by molar-refractivity contribution is 5.49. The lowest BCUT2D eigenvalue weighted by molar-refractivity contribution is 0.173. The van der Waals surface area contributed by atoms with Gasteiger partial charge in [-0.15, -0.1) is 0 Å². The van der Waals surface area contributed by atoms with Gasteiger partial charge in [0.1, 0.15) is 0 Å². The van der Waals surface area contributed by atoms with Gasteiger partial charge in [-0.25, -0.2) is 0 Å². The smallest absolute Gasteiger partial charge is 0.231 e. The Labute approximate surface area is 89.6 Å². The number of hydrogen-bond donors (Lipinski definition) is 0. The fraction of sp³-hybridized carbons (Fsp3) is 0.500. The van der Waals surface area contributed by atoms with E-state index in [0.29, 0.717) is 12.8 Å². The molecule has 15 heavy (non-hydrogen) atoms. The van der Waals surface area contributed by atoms with E-state index in [1.54, 1.807) is 0 Å². The zero-order valence-corrected chi connectivity index (χ0v) is 9.12. The minimum Gasteiger partial charge on any atom is -0.454 e. The third kappa shape index (κ3) is 1.38. The van der Waals surface area contributed by atoms with E-state index >= 15 is 0 Å². The van der Waals surface area contributed by atoms with Gasteiger partial charge in [-0.3, -0.25) is 4.90 Å². The third-order valence-corrected chi connectivity index (χ3v) is 3.17. The minimum absolute atomic E-state index is 0.367. The lowest BCUT2D eigenvalue weighted by atomic mass is 10.1. The second-order valence-electron chi connectivity index (χ2n) is 4.47. The average molecular weight is 205 g/mol. The molecule has 2 aliphatic rings. The van der Waals surface area contributed by atoms with Gasteiger partial charge in [0.05, 0.1) is 0 Å².